The molecule has 192 valence electrons. The zero-order valence-corrected chi connectivity index (χ0v) is 19.8. The second-order valence-corrected chi connectivity index (χ2v) is 8.08. The molecule has 0 radical (unpaired) electrons. The molecule has 0 fully saturated rings. The van der Waals surface area contributed by atoms with Crippen molar-refractivity contribution < 1.29 is 33.0 Å². The molecular weight excluding hydrogens is 486 g/mol. The van der Waals surface area contributed by atoms with Gasteiger partial charge in [0, 0.05) is 12.7 Å². The van der Waals surface area contributed by atoms with Crippen LogP contribution in [0.1, 0.15) is 21.7 Å². The first kappa shape index (κ1) is 25.4. The highest BCUT2D eigenvalue weighted by atomic mass is 19.1. The molecule has 0 aliphatic carbocycles. The van der Waals surface area contributed by atoms with Crippen molar-refractivity contribution in [1.29, 1.82) is 0 Å². The molecule has 2 heterocycles. The maximum Gasteiger partial charge on any atom is 0.404 e. The van der Waals surface area contributed by atoms with E-state index in [2.05, 4.69) is 15.6 Å². The number of amides is 2. The second-order valence-electron chi connectivity index (χ2n) is 8.08. The van der Waals surface area contributed by atoms with Crippen molar-refractivity contribution in [2.24, 2.45) is 0 Å². The van der Waals surface area contributed by atoms with Gasteiger partial charge in [-0.3, -0.25) is 9.20 Å². The van der Waals surface area contributed by atoms with Gasteiger partial charge in [-0.25, -0.2) is 18.6 Å². The fourth-order valence-corrected chi connectivity index (χ4v) is 3.69. The maximum atomic E-state index is 14.0. The van der Waals surface area contributed by atoms with E-state index in [1.54, 1.807) is 49.5 Å². The van der Waals surface area contributed by atoms with Crippen LogP contribution in [0.2, 0.25) is 0 Å². The quantitative estimate of drug-likeness (QED) is 0.298. The molecule has 1 atom stereocenters. The third kappa shape index (κ3) is 6.13. The van der Waals surface area contributed by atoms with Crippen molar-refractivity contribution in [3.8, 4) is 11.5 Å². The number of pyridine rings is 1. The predicted octanol–water partition coefficient (Wildman–Crippen LogP) is 3.94. The van der Waals surface area contributed by atoms with Crippen molar-refractivity contribution in [2.45, 2.75) is 19.6 Å². The monoisotopic (exact) mass is 510 g/mol. The summed E-state index contributed by atoms with van der Waals surface area (Å²) in [6.07, 6.45) is 0.365. The number of fused-ring (bicyclic) bond motifs is 1. The van der Waals surface area contributed by atoms with Crippen LogP contribution in [0, 0.1) is 18.6 Å². The van der Waals surface area contributed by atoms with Crippen LogP contribution in [-0.2, 0) is 6.61 Å². The number of carbonyl (C=O) groups is 2. The van der Waals surface area contributed by atoms with Gasteiger partial charge < -0.3 is 25.2 Å². The number of nitrogens with one attached hydrogen (secondary N) is 2. The summed E-state index contributed by atoms with van der Waals surface area (Å²) >= 11 is 0. The van der Waals surface area contributed by atoms with Gasteiger partial charge in [0.1, 0.15) is 36.3 Å². The summed E-state index contributed by atoms with van der Waals surface area (Å²) in [5, 5.41) is 14.0. The SMILES string of the molecule is Cc1nc2c(OCc3c(F)cccc3F)cccn2c1C(=O)NC(CNC(=O)O)COc1ccccc1. The molecule has 9 nitrogen and oxygen atoms in total. The number of aryl methyl sites for hydroxylation is 1. The number of aromatic nitrogens is 2. The number of halogens is 2. The molecule has 0 bridgehead atoms. The van der Waals surface area contributed by atoms with Gasteiger partial charge in [-0.15, -0.1) is 0 Å². The summed E-state index contributed by atoms with van der Waals surface area (Å²) in [7, 11) is 0. The molecule has 4 rings (SSSR count). The largest absolute Gasteiger partial charge is 0.491 e. The molecule has 1 unspecified atom stereocenters. The number of rotatable bonds is 10. The topological polar surface area (TPSA) is 114 Å². The zero-order chi connectivity index (χ0) is 26.4. The van der Waals surface area contributed by atoms with Crippen LogP contribution in [-0.4, -0.2) is 45.7 Å². The van der Waals surface area contributed by atoms with Gasteiger partial charge in [0.25, 0.3) is 5.91 Å². The van der Waals surface area contributed by atoms with E-state index in [1.165, 1.54) is 10.5 Å². The van der Waals surface area contributed by atoms with E-state index in [0.717, 1.165) is 12.1 Å². The lowest BCUT2D eigenvalue weighted by Crippen LogP contribution is -2.47. The lowest BCUT2D eigenvalue weighted by atomic mass is 10.2. The molecule has 4 aromatic rings. The van der Waals surface area contributed by atoms with Crippen LogP contribution in [0.25, 0.3) is 5.65 Å². The summed E-state index contributed by atoms with van der Waals surface area (Å²) in [5.41, 5.74) is 0.623. The number of imidazole rings is 1. The molecule has 2 aromatic carbocycles. The molecular formula is C26H24F2N4O5. The van der Waals surface area contributed by atoms with Crippen molar-refractivity contribution in [2.75, 3.05) is 13.2 Å². The van der Waals surface area contributed by atoms with E-state index in [0.29, 0.717) is 11.4 Å². The van der Waals surface area contributed by atoms with E-state index in [-0.39, 0.29) is 42.4 Å². The minimum Gasteiger partial charge on any atom is -0.491 e. The number of para-hydroxylation sites is 1. The fraction of sp³-hybridized carbons (Fsp3) is 0.192. The Labute approximate surface area is 210 Å². The van der Waals surface area contributed by atoms with E-state index in [4.69, 9.17) is 14.6 Å². The van der Waals surface area contributed by atoms with Crippen LogP contribution in [0.15, 0.2) is 66.9 Å². The van der Waals surface area contributed by atoms with E-state index < -0.39 is 29.7 Å². The Balaban J connectivity index is 1.53. The number of ether oxygens (including phenoxy) is 2. The number of nitrogens with zero attached hydrogens (tertiary/aromatic N) is 2. The van der Waals surface area contributed by atoms with Gasteiger partial charge in [0.05, 0.1) is 17.3 Å². The molecule has 2 amide bonds. The summed E-state index contributed by atoms with van der Waals surface area (Å²) < 4.78 is 40.9. The third-order valence-electron chi connectivity index (χ3n) is 5.47. The summed E-state index contributed by atoms with van der Waals surface area (Å²) in [6, 6.07) is 14.9. The summed E-state index contributed by atoms with van der Waals surface area (Å²) in [5.74, 6) is -1.19. The highest BCUT2D eigenvalue weighted by Gasteiger charge is 2.23. The van der Waals surface area contributed by atoms with Crippen LogP contribution in [0.4, 0.5) is 13.6 Å². The van der Waals surface area contributed by atoms with Crippen LogP contribution in [0.5, 0.6) is 11.5 Å². The van der Waals surface area contributed by atoms with Crippen molar-refractivity contribution in [3.05, 3.63) is 95.4 Å². The van der Waals surface area contributed by atoms with Crippen molar-refractivity contribution >= 4 is 17.6 Å². The molecule has 37 heavy (non-hydrogen) atoms. The van der Waals surface area contributed by atoms with Crippen molar-refractivity contribution in [3.63, 3.8) is 0 Å². The summed E-state index contributed by atoms with van der Waals surface area (Å²) in [4.78, 5) is 28.7. The Bertz CT molecular complexity index is 1390. The Morgan fingerprint density at radius 3 is 2.46 bits per heavy atom. The lowest BCUT2D eigenvalue weighted by molar-refractivity contribution is 0.0913. The minimum absolute atomic E-state index is 0.00832. The number of hydrogen-bond donors (Lipinski definition) is 3. The highest BCUT2D eigenvalue weighted by Crippen LogP contribution is 2.24. The number of benzene rings is 2. The van der Waals surface area contributed by atoms with Gasteiger partial charge >= 0.3 is 6.09 Å². The van der Waals surface area contributed by atoms with Crippen LogP contribution >= 0.6 is 0 Å². The number of hydrogen-bond acceptors (Lipinski definition) is 5. The molecule has 0 aliphatic rings. The van der Waals surface area contributed by atoms with Crippen molar-refractivity contribution in [1.82, 2.24) is 20.0 Å². The number of carboxylic acid groups (broad SMARTS) is 1. The Hall–Kier alpha value is -4.67. The molecule has 0 spiro atoms. The molecule has 11 heteroatoms. The van der Waals surface area contributed by atoms with E-state index in [9.17, 15) is 18.4 Å². The Kier molecular flexibility index (Phi) is 7.82. The maximum absolute atomic E-state index is 14.0. The second kappa shape index (κ2) is 11.4. The van der Waals surface area contributed by atoms with Gasteiger partial charge in [-0.1, -0.05) is 24.3 Å². The van der Waals surface area contributed by atoms with Gasteiger partial charge in [-0.2, -0.15) is 0 Å². The Morgan fingerprint density at radius 1 is 1.03 bits per heavy atom. The van der Waals surface area contributed by atoms with Gasteiger partial charge in [0.15, 0.2) is 11.4 Å². The number of carbonyl (C=O) groups excluding carboxylic acids is 1. The lowest BCUT2D eigenvalue weighted by Gasteiger charge is -2.19. The average Bonchev–Trinajstić information content (AvgIpc) is 3.22. The molecule has 0 aliphatic heterocycles. The van der Waals surface area contributed by atoms with Crippen LogP contribution in [0.3, 0.4) is 0 Å². The van der Waals surface area contributed by atoms with E-state index >= 15 is 0 Å². The molecule has 0 saturated carbocycles. The first-order valence-corrected chi connectivity index (χ1v) is 11.3. The van der Waals surface area contributed by atoms with Gasteiger partial charge in [-0.05, 0) is 43.3 Å². The minimum atomic E-state index is -1.24. The van der Waals surface area contributed by atoms with Crippen LogP contribution < -0.4 is 20.1 Å². The summed E-state index contributed by atoms with van der Waals surface area (Å²) in [6.45, 7) is 1.18. The zero-order valence-electron chi connectivity index (χ0n) is 19.8. The Morgan fingerprint density at radius 2 is 1.76 bits per heavy atom. The first-order chi connectivity index (χ1) is 17.8. The average molecular weight is 510 g/mol. The first-order valence-electron chi connectivity index (χ1n) is 11.3. The molecule has 0 saturated heterocycles. The fourth-order valence-electron chi connectivity index (χ4n) is 3.69. The molecule has 3 N–H and O–H groups in total. The predicted molar refractivity (Wildman–Crippen MR) is 130 cm³/mol. The van der Waals surface area contributed by atoms with Gasteiger partial charge in [0.2, 0.25) is 0 Å². The standard InChI is InChI=1S/C26H24F2N4O5/c1-16-23(25(33)31-17(13-29-26(34)35)14-36-18-7-3-2-4-8-18)32-12-6-11-22(24(32)30-16)37-15-19-20(27)9-5-10-21(19)28/h2-12,17,29H,13-15H2,1H3,(H,31,33)(H,34,35). The van der Waals surface area contributed by atoms with E-state index in [1.807, 2.05) is 6.07 Å². The smallest absolute Gasteiger partial charge is 0.404 e. The highest BCUT2D eigenvalue weighted by molar-refractivity contribution is 5.95. The molecule has 2 aromatic heterocycles. The third-order valence-corrected chi connectivity index (χ3v) is 5.47. The normalized spacial score (nSPS) is 11.6.